The van der Waals surface area contributed by atoms with Gasteiger partial charge in [0.2, 0.25) is 0 Å². The SMILES string of the molecule is CN1CCN(CCCC(=S)N2CCSC2Cn2cnc3c2c(=O)n(C)c(=O)n3C)CC1. The Labute approximate surface area is 191 Å². The first-order valence-corrected chi connectivity index (χ1v) is 12.3. The Morgan fingerprint density at radius 2 is 1.87 bits per heavy atom. The lowest BCUT2D eigenvalue weighted by atomic mass is 10.2. The predicted octanol–water partition coefficient (Wildman–Crippen LogP) is 0.164. The van der Waals surface area contributed by atoms with Gasteiger partial charge in [0, 0.05) is 52.6 Å². The summed E-state index contributed by atoms with van der Waals surface area (Å²) in [4.78, 5) is 37.4. The second kappa shape index (κ2) is 9.43. The molecule has 2 aromatic heterocycles. The highest BCUT2D eigenvalue weighted by atomic mass is 32.2. The van der Waals surface area contributed by atoms with Crippen molar-refractivity contribution >= 4 is 40.1 Å². The zero-order valence-electron chi connectivity index (χ0n) is 18.5. The van der Waals surface area contributed by atoms with E-state index in [1.165, 1.54) is 11.6 Å². The van der Waals surface area contributed by atoms with Gasteiger partial charge in [-0.3, -0.25) is 13.9 Å². The van der Waals surface area contributed by atoms with E-state index in [0.29, 0.717) is 17.7 Å². The van der Waals surface area contributed by atoms with Crippen LogP contribution in [0.15, 0.2) is 15.9 Å². The molecule has 0 aromatic carbocycles. The Bertz CT molecular complexity index is 1070. The number of likely N-dealkylation sites (N-methyl/N-ethyl adjacent to an activating group) is 1. The summed E-state index contributed by atoms with van der Waals surface area (Å²) in [6, 6.07) is 0. The minimum atomic E-state index is -0.360. The third kappa shape index (κ3) is 4.59. The number of hydrogen-bond acceptors (Lipinski definition) is 7. The quantitative estimate of drug-likeness (QED) is 0.559. The fourth-order valence-electron chi connectivity index (χ4n) is 4.33. The van der Waals surface area contributed by atoms with Crippen LogP contribution in [0.3, 0.4) is 0 Å². The van der Waals surface area contributed by atoms with Gasteiger partial charge in [0.1, 0.15) is 0 Å². The van der Waals surface area contributed by atoms with Gasteiger partial charge in [-0.25, -0.2) is 9.78 Å². The van der Waals surface area contributed by atoms with Gasteiger partial charge >= 0.3 is 5.69 Å². The molecule has 2 saturated heterocycles. The maximum absolute atomic E-state index is 12.7. The number of hydrogen-bond donors (Lipinski definition) is 0. The third-order valence-electron chi connectivity index (χ3n) is 6.34. The van der Waals surface area contributed by atoms with Crippen molar-refractivity contribution in [2.75, 3.05) is 52.1 Å². The maximum Gasteiger partial charge on any atom is 0.332 e. The summed E-state index contributed by atoms with van der Waals surface area (Å²) >= 11 is 7.66. The lowest BCUT2D eigenvalue weighted by molar-refractivity contribution is 0.153. The zero-order chi connectivity index (χ0) is 22.1. The van der Waals surface area contributed by atoms with Gasteiger partial charge in [-0.05, 0) is 26.4 Å². The zero-order valence-corrected chi connectivity index (χ0v) is 20.1. The van der Waals surface area contributed by atoms with Crippen LogP contribution >= 0.6 is 24.0 Å². The fraction of sp³-hybridized carbons (Fsp3) is 0.700. The van der Waals surface area contributed by atoms with E-state index in [0.717, 1.165) is 67.4 Å². The van der Waals surface area contributed by atoms with Crippen molar-refractivity contribution in [3.8, 4) is 0 Å². The molecule has 170 valence electrons. The van der Waals surface area contributed by atoms with Gasteiger partial charge in [0.25, 0.3) is 5.56 Å². The van der Waals surface area contributed by atoms with Crippen LogP contribution < -0.4 is 11.2 Å². The summed E-state index contributed by atoms with van der Waals surface area (Å²) in [5.74, 6) is 1.02. The highest BCUT2D eigenvalue weighted by Gasteiger charge is 2.28. The van der Waals surface area contributed by atoms with E-state index in [1.54, 1.807) is 13.4 Å². The third-order valence-corrected chi connectivity index (χ3v) is 7.99. The molecule has 2 aromatic rings. The maximum atomic E-state index is 12.7. The van der Waals surface area contributed by atoms with Gasteiger partial charge in [0.05, 0.1) is 23.2 Å². The second-order valence-corrected chi connectivity index (χ2v) is 10.2. The number of rotatable bonds is 6. The Kier molecular flexibility index (Phi) is 6.85. The minimum Gasteiger partial charge on any atom is -0.352 e. The van der Waals surface area contributed by atoms with Crippen LogP contribution in [0.2, 0.25) is 0 Å². The van der Waals surface area contributed by atoms with Gasteiger partial charge in [-0.1, -0.05) is 12.2 Å². The number of piperazine rings is 1. The van der Waals surface area contributed by atoms with E-state index in [1.807, 2.05) is 16.3 Å². The minimum absolute atomic E-state index is 0.176. The summed E-state index contributed by atoms with van der Waals surface area (Å²) in [7, 11) is 5.33. The Morgan fingerprint density at radius 1 is 1.13 bits per heavy atom. The molecular formula is C20H31N7O2S2. The van der Waals surface area contributed by atoms with Crippen molar-refractivity contribution < 1.29 is 0 Å². The summed E-state index contributed by atoms with van der Waals surface area (Å²) in [5.41, 5.74) is 0.233. The molecule has 9 nitrogen and oxygen atoms in total. The molecule has 4 rings (SSSR count). The number of nitrogens with zero attached hydrogens (tertiary/aromatic N) is 7. The Hall–Kier alpha value is -1.69. The molecule has 4 heterocycles. The van der Waals surface area contributed by atoms with Crippen molar-refractivity contribution in [1.29, 1.82) is 0 Å². The summed E-state index contributed by atoms with van der Waals surface area (Å²) in [6.45, 7) is 7.19. The lowest BCUT2D eigenvalue weighted by Crippen LogP contribution is -2.45. The number of thiocarbonyl (C=S) groups is 1. The average Bonchev–Trinajstić information content (AvgIpc) is 3.40. The van der Waals surface area contributed by atoms with Crippen LogP contribution in [0.4, 0.5) is 0 Å². The van der Waals surface area contributed by atoms with Crippen LogP contribution in [0.25, 0.3) is 11.2 Å². The topological polar surface area (TPSA) is 71.5 Å². The van der Waals surface area contributed by atoms with E-state index in [2.05, 4.69) is 26.7 Å². The normalized spacial score (nSPS) is 20.7. The van der Waals surface area contributed by atoms with Crippen molar-refractivity contribution in [3.63, 3.8) is 0 Å². The number of fused-ring (bicyclic) bond motifs is 1. The predicted molar refractivity (Wildman–Crippen MR) is 129 cm³/mol. The van der Waals surface area contributed by atoms with E-state index in [4.69, 9.17) is 12.2 Å². The molecule has 2 aliphatic rings. The highest BCUT2D eigenvalue weighted by Crippen LogP contribution is 2.27. The molecule has 0 aliphatic carbocycles. The van der Waals surface area contributed by atoms with Crippen molar-refractivity contribution in [1.82, 2.24) is 33.4 Å². The van der Waals surface area contributed by atoms with Gasteiger partial charge in [-0.15, -0.1) is 11.8 Å². The van der Waals surface area contributed by atoms with E-state index in [9.17, 15) is 9.59 Å². The molecule has 0 saturated carbocycles. The molecule has 0 bridgehead atoms. The summed E-state index contributed by atoms with van der Waals surface area (Å²) < 4.78 is 4.44. The van der Waals surface area contributed by atoms with Gasteiger partial charge < -0.3 is 19.3 Å². The second-order valence-electron chi connectivity index (χ2n) is 8.44. The number of aryl methyl sites for hydroxylation is 1. The highest BCUT2D eigenvalue weighted by molar-refractivity contribution is 8.00. The lowest BCUT2D eigenvalue weighted by Gasteiger charge is -2.32. The molecule has 0 spiro atoms. The summed E-state index contributed by atoms with van der Waals surface area (Å²) in [5, 5.41) is 0.176. The number of aromatic nitrogens is 4. The average molecular weight is 466 g/mol. The van der Waals surface area contributed by atoms with Crippen LogP contribution in [-0.2, 0) is 20.6 Å². The number of imidazole rings is 1. The van der Waals surface area contributed by atoms with E-state index < -0.39 is 0 Å². The first-order valence-electron chi connectivity index (χ1n) is 10.8. The molecule has 0 amide bonds. The molecule has 1 unspecified atom stereocenters. The first kappa shape index (κ1) is 22.5. The van der Waals surface area contributed by atoms with Crippen LogP contribution in [0.5, 0.6) is 0 Å². The Morgan fingerprint density at radius 3 is 2.61 bits per heavy atom. The van der Waals surface area contributed by atoms with Crippen LogP contribution in [0.1, 0.15) is 12.8 Å². The molecule has 2 fully saturated rings. The first-order chi connectivity index (χ1) is 14.9. The van der Waals surface area contributed by atoms with Crippen LogP contribution in [-0.4, -0.2) is 95.8 Å². The molecule has 0 N–H and O–H groups in total. The molecule has 0 radical (unpaired) electrons. The fourth-order valence-corrected chi connectivity index (χ4v) is 6.01. The monoisotopic (exact) mass is 465 g/mol. The van der Waals surface area contributed by atoms with Crippen LogP contribution in [0, 0.1) is 0 Å². The molecule has 2 aliphatic heterocycles. The Balaban J connectivity index is 1.40. The molecule has 1 atom stereocenters. The van der Waals surface area contributed by atoms with Crippen molar-refractivity contribution in [2.45, 2.75) is 24.8 Å². The van der Waals surface area contributed by atoms with Crippen molar-refractivity contribution in [3.05, 3.63) is 27.2 Å². The van der Waals surface area contributed by atoms with E-state index in [-0.39, 0.29) is 16.6 Å². The van der Waals surface area contributed by atoms with Gasteiger partial charge in [-0.2, -0.15) is 0 Å². The molecule has 31 heavy (non-hydrogen) atoms. The largest absolute Gasteiger partial charge is 0.352 e. The smallest absolute Gasteiger partial charge is 0.332 e. The van der Waals surface area contributed by atoms with Gasteiger partial charge in [0.15, 0.2) is 11.2 Å². The molecule has 11 heteroatoms. The van der Waals surface area contributed by atoms with Crippen molar-refractivity contribution in [2.24, 2.45) is 14.1 Å². The number of thioether (sulfide) groups is 1. The molecular weight excluding hydrogens is 434 g/mol. The summed E-state index contributed by atoms with van der Waals surface area (Å²) in [6.07, 6.45) is 3.66. The standard InChI is InChI=1S/C20H31N7O2S2/c1-22-7-9-25(10-8-22)6-4-5-15(30)27-11-12-31-16(27)13-26-14-21-18-17(26)19(28)24(3)20(29)23(18)2/h14,16H,4-13H2,1-3H3. The van der Waals surface area contributed by atoms with E-state index >= 15 is 0 Å².